The van der Waals surface area contributed by atoms with E-state index in [0.29, 0.717) is 0 Å². The van der Waals surface area contributed by atoms with Crippen LogP contribution in [0.2, 0.25) is 0 Å². The zero-order valence-corrected chi connectivity index (χ0v) is 10.8. The van der Waals surface area contributed by atoms with Crippen LogP contribution in [-0.2, 0) is 23.3 Å². The maximum atomic E-state index is 11.0. The summed E-state index contributed by atoms with van der Waals surface area (Å²) in [4.78, 5) is 33.6. The van der Waals surface area contributed by atoms with Gasteiger partial charge in [-0.2, -0.15) is 4.52 Å². The number of amides is 1. The van der Waals surface area contributed by atoms with Gasteiger partial charge in [0.2, 0.25) is 5.91 Å². The second-order valence-electron chi connectivity index (χ2n) is 4.29. The minimum Gasteiger partial charge on any atom is -0.388 e. The number of aliphatic hydroxyl groups excluding tert-OH is 2. The quantitative estimate of drug-likeness (QED) is 0.166. The summed E-state index contributed by atoms with van der Waals surface area (Å²) in [7, 11) is -4.87. The van der Waals surface area contributed by atoms with Crippen molar-refractivity contribution in [1.82, 2.24) is 5.32 Å². The first-order chi connectivity index (χ1) is 8.74. The number of phosphoric ester groups is 1. The van der Waals surface area contributed by atoms with E-state index in [4.69, 9.17) is 19.8 Å². The first kappa shape index (κ1) is 14.8. The van der Waals surface area contributed by atoms with E-state index in [0.717, 1.165) is 0 Å². The van der Waals surface area contributed by atoms with Crippen LogP contribution in [0.3, 0.4) is 0 Å². The molecule has 0 unspecified atom stereocenters. The lowest BCUT2D eigenvalue weighted by Gasteiger charge is -2.31. The number of aliphatic hydroxyl groups is 2. The molecule has 11 heteroatoms. The zero-order valence-electron chi connectivity index (χ0n) is 9.87. The van der Waals surface area contributed by atoms with Crippen molar-refractivity contribution < 1.29 is 43.3 Å². The third-order valence-electron chi connectivity index (χ3n) is 2.87. The maximum Gasteiger partial charge on any atom is 0.470 e. The van der Waals surface area contributed by atoms with Gasteiger partial charge in [0.25, 0.3) is 6.10 Å². The van der Waals surface area contributed by atoms with Crippen molar-refractivity contribution in [2.24, 2.45) is 0 Å². The Labute approximate surface area is 107 Å². The number of carbonyl (C=O) groups excluding carboxylic acids is 1. The lowest BCUT2D eigenvalue weighted by Crippen LogP contribution is -2.60. The SMILES string of the molecule is CC(=O)N[C@@H]1[C@@H](O)[C@H](OP(=O)(O)O)[C@@H](CO)[O+]2O[C@@H]12. The molecular formula is C8H15NO9P+. The molecule has 2 aliphatic rings. The van der Waals surface area contributed by atoms with Gasteiger partial charge in [0, 0.05) is 6.92 Å². The van der Waals surface area contributed by atoms with Crippen LogP contribution in [-0.4, -0.2) is 63.2 Å². The second kappa shape index (κ2) is 5.08. The third kappa shape index (κ3) is 3.12. The summed E-state index contributed by atoms with van der Waals surface area (Å²) in [5.41, 5.74) is 0. The van der Waals surface area contributed by atoms with Gasteiger partial charge in [-0.25, -0.2) is 4.57 Å². The molecule has 0 bridgehead atoms. The monoisotopic (exact) mass is 300 g/mol. The Morgan fingerprint density at radius 3 is 2.63 bits per heavy atom. The Morgan fingerprint density at radius 2 is 2.16 bits per heavy atom. The number of rotatable bonds is 4. The highest BCUT2D eigenvalue weighted by atomic mass is 31.2. The topological polar surface area (TPSA) is 152 Å². The highest BCUT2D eigenvalue weighted by Crippen LogP contribution is 2.47. The van der Waals surface area contributed by atoms with E-state index in [-0.39, 0.29) is 0 Å². The second-order valence-corrected chi connectivity index (χ2v) is 5.48. The van der Waals surface area contributed by atoms with E-state index < -0.39 is 51.0 Å². The molecule has 2 heterocycles. The third-order valence-corrected chi connectivity index (χ3v) is 3.39. The predicted molar refractivity (Wildman–Crippen MR) is 57.4 cm³/mol. The van der Waals surface area contributed by atoms with Gasteiger partial charge in [0.15, 0.2) is 12.1 Å². The molecule has 1 amide bonds. The van der Waals surface area contributed by atoms with Crippen LogP contribution in [0, 0.1) is 0 Å². The molecule has 0 aromatic heterocycles. The predicted octanol–water partition coefficient (Wildman–Crippen LogP) is -2.47. The number of hydrogen-bond donors (Lipinski definition) is 5. The fourth-order valence-corrected chi connectivity index (χ4v) is 2.68. The van der Waals surface area contributed by atoms with E-state index in [1.807, 2.05) is 0 Å². The zero-order chi connectivity index (χ0) is 14.4. The van der Waals surface area contributed by atoms with Gasteiger partial charge in [-0.05, 0) is 4.89 Å². The highest BCUT2D eigenvalue weighted by molar-refractivity contribution is 7.46. The van der Waals surface area contributed by atoms with Gasteiger partial charge in [-0.3, -0.25) is 9.32 Å². The van der Waals surface area contributed by atoms with Gasteiger partial charge in [-0.15, -0.1) is 0 Å². The number of nitrogens with one attached hydrogen (secondary N) is 1. The molecule has 2 aliphatic heterocycles. The van der Waals surface area contributed by atoms with Crippen molar-refractivity contribution in [3.63, 3.8) is 0 Å². The first-order valence-electron chi connectivity index (χ1n) is 5.43. The molecule has 0 aromatic carbocycles. The molecule has 2 rings (SSSR count). The number of hydrogen-bond acceptors (Lipinski definition) is 6. The van der Waals surface area contributed by atoms with Crippen LogP contribution in [0.5, 0.6) is 0 Å². The molecule has 0 spiro atoms. The highest BCUT2D eigenvalue weighted by Gasteiger charge is 2.70. The molecule has 0 aromatic rings. The molecule has 0 saturated carbocycles. The Balaban J connectivity index is 2.17. The van der Waals surface area contributed by atoms with Crippen LogP contribution >= 0.6 is 7.82 Å². The standard InChI is InChI=1S/C8H14NO9P/c1-3(11)9-5-6(12)7(17-19(13,14)15)4(2-10)18-8(5)16-18/h4-8,10,12H,2H2,1H3,(H2-,9,11,13,14,15)/p+1/t4-,5-,6-,7-,8-/m1/s1. The minimum absolute atomic E-state index is 0.447. The lowest BCUT2D eigenvalue weighted by atomic mass is 9.98. The molecule has 0 aliphatic carbocycles. The van der Waals surface area contributed by atoms with Gasteiger partial charge < -0.3 is 25.3 Å². The van der Waals surface area contributed by atoms with Crippen molar-refractivity contribution in [3.8, 4) is 0 Å². The molecule has 5 N–H and O–H groups in total. The maximum absolute atomic E-state index is 11.0. The largest absolute Gasteiger partial charge is 0.470 e. The van der Waals surface area contributed by atoms with Crippen molar-refractivity contribution in [1.29, 1.82) is 0 Å². The van der Waals surface area contributed by atoms with E-state index >= 15 is 0 Å². The summed E-state index contributed by atoms with van der Waals surface area (Å²) in [6, 6.07) is -0.929. The summed E-state index contributed by atoms with van der Waals surface area (Å²) >= 11 is 0. The summed E-state index contributed by atoms with van der Waals surface area (Å²) in [6.07, 6.45) is -4.60. The van der Waals surface area contributed by atoms with Crippen LogP contribution in [0.1, 0.15) is 6.92 Å². The van der Waals surface area contributed by atoms with Crippen molar-refractivity contribution in [2.75, 3.05) is 6.61 Å². The van der Waals surface area contributed by atoms with Crippen molar-refractivity contribution >= 4 is 13.7 Å². The number of phosphoric acid groups is 1. The average Bonchev–Trinajstić information content (AvgIpc) is 3.02. The van der Waals surface area contributed by atoms with Gasteiger partial charge in [0.1, 0.15) is 12.7 Å². The molecule has 2 saturated heterocycles. The summed E-state index contributed by atoms with van der Waals surface area (Å²) in [6.45, 7) is 0.663. The van der Waals surface area contributed by atoms with E-state index in [1.165, 1.54) is 6.92 Å². The fourth-order valence-electron chi connectivity index (χ4n) is 2.11. The van der Waals surface area contributed by atoms with E-state index in [2.05, 4.69) is 14.4 Å². The average molecular weight is 300 g/mol. The number of fused-ring (bicyclic) bond motifs is 1. The molecule has 5 atom stereocenters. The van der Waals surface area contributed by atoms with Gasteiger partial charge in [-0.1, -0.05) is 0 Å². The Bertz CT molecular complexity index is 411. The van der Waals surface area contributed by atoms with E-state index in [1.54, 1.807) is 0 Å². The van der Waals surface area contributed by atoms with Crippen LogP contribution in [0.4, 0.5) is 0 Å². The van der Waals surface area contributed by atoms with Crippen LogP contribution in [0.15, 0.2) is 0 Å². The van der Waals surface area contributed by atoms with E-state index in [9.17, 15) is 14.5 Å². The molecule has 10 nitrogen and oxygen atoms in total. The van der Waals surface area contributed by atoms with Crippen LogP contribution < -0.4 is 5.32 Å². The number of carbonyl (C=O) groups is 1. The van der Waals surface area contributed by atoms with Crippen molar-refractivity contribution in [3.05, 3.63) is 0 Å². The van der Waals surface area contributed by atoms with Crippen LogP contribution in [0.25, 0.3) is 0 Å². The molecule has 2 fully saturated rings. The normalized spacial score (nSPS) is 38.7. The smallest absolute Gasteiger partial charge is 0.388 e. The first-order valence-corrected chi connectivity index (χ1v) is 6.96. The fraction of sp³-hybridized carbons (Fsp3) is 0.875. The Morgan fingerprint density at radius 1 is 1.53 bits per heavy atom. The Kier molecular flexibility index (Phi) is 3.96. The van der Waals surface area contributed by atoms with Gasteiger partial charge >= 0.3 is 14.1 Å². The molecule has 110 valence electrons. The molecule has 0 radical (unpaired) electrons. The summed E-state index contributed by atoms with van der Waals surface area (Å²) in [5.74, 6) is -0.447. The summed E-state index contributed by atoms with van der Waals surface area (Å²) < 4.78 is 17.4. The molecule has 19 heavy (non-hydrogen) atoms. The Hall–Kier alpha value is -0.580. The minimum atomic E-state index is -4.87. The lowest BCUT2D eigenvalue weighted by molar-refractivity contribution is -0.262. The molecular weight excluding hydrogens is 285 g/mol. The van der Waals surface area contributed by atoms with Crippen molar-refractivity contribution in [2.45, 2.75) is 37.6 Å². The van der Waals surface area contributed by atoms with Gasteiger partial charge in [0.05, 0.1) is 0 Å². The summed E-state index contributed by atoms with van der Waals surface area (Å²) in [5, 5.41) is 21.6.